The molecule has 100 valence electrons. The van der Waals surface area contributed by atoms with Crippen LogP contribution in [0.15, 0.2) is 28.5 Å². The molecule has 1 atom stereocenters. The van der Waals surface area contributed by atoms with E-state index in [9.17, 15) is 0 Å². The number of hydrogen-bond acceptors (Lipinski definition) is 3. The number of rotatable bonds is 2. The highest BCUT2D eigenvalue weighted by Gasteiger charge is 2.26. The summed E-state index contributed by atoms with van der Waals surface area (Å²) >= 11 is 0. The van der Waals surface area contributed by atoms with Gasteiger partial charge in [-0.05, 0) is 51.3 Å². The highest BCUT2D eigenvalue weighted by atomic mass is 16.5. The first-order chi connectivity index (χ1) is 8.72. The molecule has 3 nitrogen and oxygen atoms in total. The van der Waals surface area contributed by atoms with Crippen molar-refractivity contribution in [2.75, 3.05) is 26.7 Å². The highest BCUT2D eigenvalue weighted by Crippen LogP contribution is 2.27. The Morgan fingerprint density at radius 3 is 2.83 bits per heavy atom. The summed E-state index contributed by atoms with van der Waals surface area (Å²) in [6, 6.07) is 0.563. The first kappa shape index (κ1) is 13.3. The van der Waals surface area contributed by atoms with E-state index in [2.05, 4.69) is 16.5 Å². The van der Waals surface area contributed by atoms with Crippen LogP contribution in [0.3, 0.4) is 0 Å². The fourth-order valence-corrected chi connectivity index (χ4v) is 2.86. The van der Waals surface area contributed by atoms with Crippen LogP contribution in [-0.2, 0) is 4.74 Å². The van der Waals surface area contributed by atoms with Crippen LogP contribution in [0.4, 0.5) is 0 Å². The normalized spacial score (nSPS) is 29.4. The van der Waals surface area contributed by atoms with Crippen molar-refractivity contribution in [1.82, 2.24) is 4.90 Å². The van der Waals surface area contributed by atoms with Crippen LogP contribution in [-0.4, -0.2) is 43.9 Å². The van der Waals surface area contributed by atoms with E-state index in [1.165, 1.54) is 32.4 Å². The maximum Gasteiger partial charge on any atom is 0.126 e. The van der Waals surface area contributed by atoms with Gasteiger partial charge >= 0.3 is 0 Å². The van der Waals surface area contributed by atoms with E-state index in [4.69, 9.17) is 4.74 Å². The minimum absolute atomic E-state index is 0.563. The molecule has 0 amide bonds. The van der Waals surface area contributed by atoms with Crippen molar-refractivity contribution >= 4 is 6.21 Å². The highest BCUT2D eigenvalue weighted by molar-refractivity contribution is 5.79. The lowest BCUT2D eigenvalue weighted by atomic mass is 10.0. The van der Waals surface area contributed by atoms with Crippen LogP contribution >= 0.6 is 0 Å². The molecule has 0 aromatic heterocycles. The van der Waals surface area contributed by atoms with Gasteiger partial charge in [-0.2, -0.15) is 0 Å². The Bertz CT molecular complexity index is 365. The van der Waals surface area contributed by atoms with Gasteiger partial charge in [0, 0.05) is 24.9 Å². The molecule has 1 unspecified atom stereocenters. The second-order valence-electron chi connectivity index (χ2n) is 5.25. The van der Waals surface area contributed by atoms with Gasteiger partial charge in [0.15, 0.2) is 0 Å². The maximum absolute atomic E-state index is 6.00. The van der Waals surface area contributed by atoms with Crippen molar-refractivity contribution in [3.05, 3.63) is 23.5 Å². The number of nitrogens with zero attached hydrogens (tertiary/aromatic N) is 2. The van der Waals surface area contributed by atoms with Crippen molar-refractivity contribution in [2.45, 2.75) is 38.6 Å². The summed E-state index contributed by atoms with van der Waals surface area (Å²) < 4.78 is 6.00. The standard InChI is InChI=1S/C15H24N2O/c1-12-6-7-14(17-8-4-5-9-17)11-18-15(12)13(2)10-16-3/h10,14H,1,4-9,11H2,2-3H3/b15-13+,16-10-. The summed E-state index contributed by atoms with van der Waals surface area (Å²) in [7, 11) is 1.79. The molecule has 2 saturated heterocycles. The van der Waals surface area contributed by atoms with Crippen LogP contribution in [0.2, 0.25) is 0 Å². The monoisotopic (exact) mass is 248 g/mol. The van der Waals surface area contributed by atoms with Gasteiger partial charge in [-0.25, -0.2) is 0 Å². The van der Waals surface area contributed by atoms with Gasteiger partial charge in [-0.3, -0.25) is 9.89 Å². The molecule has 0 aliphatic carbocycles. The SMILES string of the molecule is C=C1CCC(N2CCCC2)CO/C1=C(C)/C=N\C. The molecule has 2 heterocycles. The average molecular weight is 248 g/mol. The maximum atomic E-state index is 6.00. The summed E-state index contributed by atoms with van der Waals surface area (Å²) in [6.07, 6.45) is 6.73. The molecule has 0 spiro atoms. The Labute approximate surface area is 110 Å². The zero-order valence-corrected chi connectivity index (χ0v) is 11.6. The molecule has 0 radical (unpaired) electrons. The number of aliphatic imine (C=N–C) groups is 1. The average Bonchev–Trinajstić information content (AvgIpc) is 2.80. The van der Waals surface area contributed by atoms with Crippen LogP contribution in [0, 0.1) is 0 Å². The Morgan fingerprint density at radius 1 is 1.44 bits per heavy atom. The minimum Gasteiger partial charge on any atom is -0.491 e. The minimum atomic E-state index is 0.563. The van der Waals surface area contributed by atoms with E-state index in [1.807, 2.05) is 13.1 Å². The van der Waals surface area contributed by atoms with E-state index in [1.54, 1.807) is 7.05 Å². The van der Waals surface area contributed by atoms with E-state index in [-0.39, 0.29) is 0 Å². The molecule has 2 aliphatic rings. The Hall–Kier alpha value is -1.09. The van der Waals surface area contributed by atoms with Crippen LogP contribution in [0.5, 0.6) is 0 Å². The quantitative estimate of drug-likeness (QED) is 0.702. The Morgan fingerprint density at radius 2 is 2.17 bits per heavy atom. The molecule has 0 aromatic carbocycles. The third-order valence-electron chi connectivity index (χ3n) is 3.86. The topological polar surface area (TPSA) is 24.8 Å². The van der Waals surface area contributed by atoms with Gasteiger partial charge < -0.3 is 4.74 Å². The largest absolute Gasteiger partial charge is 0.491 e. The number of hydrogen-bond donors (Lipinski definition) is 0. The predicted molar refractivity (Wildman–Crippen MR) is 76.0 cm³/mol. The first-order valence-corrected chi connectivity index (χ1v) is 6.90. The first-order valence-electron chi connectivity index (χ1n) is 6.90. The Balaban J connectivity index is 2.06. The summed E-state index contributed by atoms with van der Waals surface area (Å²) in [5, 5.41) is 0. The fraction of sp³-hybridized carbons (Fsp3) is 0.667. The van der Waals surface area contributed by atoms with Crippen molar-refractivity contribution in [2.24, 2.45) is 4.99 Å². The van der Waals surface area contributed by atoms with Crippen molar-refractivity contribution in [1.29, 1.82) is 0 Å². The summed E-state index contributed by atoms with van der Waals surface area (Å²) in [4.78, 5) is 6.63. The molecule has 2 rings (SSSR count). The summed E-state index contributed by atoms with van der Waals surface area (Å²) in [5.74, 6) is 0.960. The van der Waals surface area contributed by atoms with Crippen molar-refractivity contribution < 1.29 is 4.74 Å². The van der Waals surface area contributed by atoms with Crippen molar-refractivity contribution in [3.63, 3.8) is 0 Å². The van der Waals surface area contributed by atoms with Gasteiger partial charge in [0.05, 0.1) is 0 Å². The van der Waals surface area contributed by atoms with Gasteiger partial charge in [0.2, 0.25) is 0 Å². The molecule has 18 heavy (non-hydrogen) atoms. The van der Waals surface area contributed by atoms with Gasteiger partial charge in [-0.1, -0.05) is 6.58 Å². The lowest BCUT2D eigenvalue weighted by molar-refractivity contribution is 0.123. The molecule has 0 N–H and O–H groups in total. The predicted octanol–water partition coefficient (Wildman–Crippen LogP) is 2.79. The van der Waals surface area contributed by atoms with Crippen LogP contribution in [0.25, 0.3) is 0 Å². The lowest BCUT2D eigenvalue weighted by Crippen LogP contribution is -2.35. The second-order valence-corrected chi connectivity index (χ2v) is 5.25. The smallest absolute Gasteiger partial charge is 0.126 e. The van der Waals surface area contributed by atoms with Gasteiger partial charge in [0.25, 0.3) is 0 Å². The summed E-state index contributed by atoms with van der Waals surface area (Å²) in [6.45, 7) is 9.46. The molecular weight excluding hydrogens is 224 g/mol. The zero-order chi connectivity index (χ0) is 13.0. The lowest BCUT2D eigenvalue weighted by Gasteiger charge is -2.25. The molecule has 0 saturated carbocycles. The summed E-state index contributed by atoms with van der Waals surface area (Å²) in [5.41, 5.74) is 2.21. The van der Waals surface area contributed by atoms with E-state index < -0.39 is 0 Å². The van der Waals surface area contributed by atoms with E-state index in [0.29, 0.717) is 6.04 Å². The van der Waals surface area contributed by atoms with Gasteiger partial charge in [-0.15, -0.1) is 0 Å². The van der Waals surface area contributed by atoms with Gasteiger partial charge in [0.1, 0.15) is 12.4 Å². The van der Waals surface area contributed by atoms with E-state index >= 15 is 0 Å². The third-order valence-corrected chi connectivity index (χ3v) is 3.86. The van der Waals surface area contributed by atoms with E-state index in [0.717, 1.165) is 29.9 Å². The molecule has 2 fully saturated rings. The van der Waals surface area contributed by atoms with Crippen molar-refractivity contribution in [3.8, 4) is 0 Å². The molecule has 2 aliphatic heterocycles. The molecular formula is C15H24N2O. The number of likely N-dealkylation sites (tertiary alicyclic amines) is 1. The number of ether oxygens (including phenoxy) is 1. The zero-order valence-electron chi connectivity index (χ0n) is 11.6. The second kappa shape index (κ2) is 6.19. The third kappa shape index (κ3) is 3.02. The number of allylic oxidation sites excluding steroid dienone is 2. The molecule has 3 heteroatoms. The molecule has 0 aromatic rings. The fourth-order valence-electron chi connectivity index (χ4n) is 2.86. The molecule has 0 bridgehead atoms. The van der Waals surface area contributed by atoms with Crippen LogP contribution < -0.4 is 0 Å². The van der Waals surface area contributed by atoms with Crippen LogP contribution in [0.1, 0.15) is 32.6 Å². The Kier molecular flexibility index (Phi) is 4.59.